The summed E-state index contributed by atoms with van der Waals surface area (Å²) < 4.78 is 16.7. The first-order valence-corrected chi connectivity index (χ1v) is 10.3. The topological polar surface area (TPSA) is 68.8 Å². The van der Waals surface area contributed by atoms with E-state index in [1.807, 2.05) is 36.4 Å². The fraction of sp³-hybridized carbons (Fsp3) is 0.217. The minimum absolute atomic E-state index is 0.119. The number of carbonyl (C=O) groups is 1. The predicted octanol–water partition coefficient (Wildman–Crippen LogP) is 4.45. The Morgan fingerprint density at radius 2 is 1.97 bits per heavy atom. The predicted molar refractivity (Wildman–Crippen MR) is 124 cm³/mol. The van der Waals surface area contributed by atoms with E-state index in [1.54, 1.807) is 20.1 Å². The zero-order chi connectivity index (χ0) is 22.4. The van der Waals surface area contributed by atoms with Crippen LogP contribution in [0.15, 0.2) is 66.4 Å². The summed E-state index contributed by atoms with van der Waals surface area (Å²) >= 11 is 11.2. The summed E-state index contributed by atoms with van der Waals surface area (Å²) in [6.07, 6.45) is 1.52. The number of allylic oxidation sites excluding steroid dienone is 1. The third kappa shape index (κ3) is 5.57. The lowest BCUT2D eigenvalue weighted by Crippen LogP contribution is -2.45. The molecule has 1 atom stereocenters. The van der Waals surface area contributed by atoms with Gasteiger partial charge in [0.1, 0.15) is 13.2 Å². The van der Waals surface area contributed by atoms with Crippen molar-refractivity contribution in [3.05, 3.63) is 82.5 Å². The Morgan fingerprint density at radius 1 is 1.23 bits per heavy atom. The molecule has 0 unspecified atom stereocenters. The molecule has 0 bridgehead atoms. The van der Waals surface area contributed by atoms with Crippen molar-refractivity contribution in [3.63, 3.8) is 0 Å². The van der Waals surface area contributed by atoms with E-state index in [4.69, 9.17) is 38.0 Å². The van der Waals surface area contributed by atoms with Crippen molar-refractivity contribution in [3.8, 4) is 11.5 Å². The molecule has 0 radical (unpaired) electrons. The van der Waals surface area contributed by atoms with Crippen LogP contribution in [-0.2, 0) is 16.1 Å². The summed E-state index contributed by atoms with van der Waals surface area (Å²) in [6, 6.07) is 12.4. The minimum atomic E-state index is -0.495. The molecule has 0 amide bonds. The molecule has 2 aromatic carbocycles. The van der Waals surface area contributed by atoms with Crippen LogP contribution in [0, 0.1) is 0 Å². The van der Waals surface area contributed by atoms with Gasteiger partial charge in [0.25, 0.3) is 0 Å². The maximum Gasteiger partial charge on any atom is 0.338 e. The molecule has 1 aliphatic heterocycles. The molecule has 0 aliphatic carbocycles. The summed E-state index contributed by atoms with van der Waals surface area (Å²) in [5, 5.41) is 7.20. The number of hydrogen-bond donors (Lipinski definition) is 2. The Morgan fingerprint density at radius 3 is 2.65 bits per heavy atom. The maximum absolute atomic E-state index is 12.6. The average Bonchev–Trinajstić information content (AvgIpc) is 2.76. The average molecular weight is 459 g/mol. The second kappa shape index (κ2) is 10.3. The van der Waals surface area contributed by atoms with Gasteiger partial charge in [0, 0.05) is 10.7 Å². The first kappa shape index (κ1) is 22.7. The molecule has 2 N–H and O–H groups in total. The van der Waals surface area contributed by atoms with Crippen molar-refractivity contribution in [2.24, 2.45) is 0 Å². The van der Waals surface area contributed by atoms with E-state index in [0.717, 1.165) is 11.1 Å². The number of thiocarbonyl (C=S) groups is 1. The molecule has 0 spiro atoms. The number of carbonyl (C=O) groups excluding carboxylic acids is 1. The number of halogens is 1. The largest absolute Gasteiger partial charge is 0.493 e. The molecular formula is C23H23ClN2O4S. The van der Waals surface area contributed by atoms with Gasteiger partial charge < -0.3 is 24.8 Å². The number of benzene rings is 2. The van der Waals surface area contributed by atoms with Crippen molar-refractivity contribution in [1.29, 1.82) is 0 Å². The molecular weight excluding hydrogens is 436 g/mol. The molecule has 3 rings (SSSR count). The Labute approximate surface area is 191 Å². The van der Waals surface area contributed by atoms with Gasteiger partial charge in [-0.15, -0.1) is 0 Å². The zero-order valence-corrected chi connectivity index (χ0v) is 18.8. The number of ether oxygens (including phenoxy) is 3. The van der Waals surface area contributed by atoms with E-state index in [2.05, 4.69) is 17.2 Å². The molecule has 31 heavy (non-hydrogen) atoms. The third-order valence-electron chi connectivity index (χ3n) is 4.65. The van der Waals surface area contributed by atoms with E-state index in [1.165, 1.54) is 6.08 Å². The van der Waals surface area contributed by atoms with E-state index in [9.17, 15) is 4.79 Å². The molecule has 162 valence electrons. The van der Waals surface area contributed by atoms with Crippen molar-refractivity contribution >= 4 is 34.9 Å². The van der Waals surface area contributed by atoms with Crippen LogP contribution in [0.3, 0.4) is 0 Å². The standard InChI is InChI=1S/C23H23ClN2O4S/c1-4-11-29-22(27)20-14(2)25-23(31)26-21(20)16-7-10-18(19(12-16)28-3)30-13-15-5-8-17(24)9-6-15/h4-10,12,21H,1,11,13H2,2-3H3,(H2,25,26,31)/t21-/m0/s1. The first-order valence-electron chi connectivity index (χ1n) is 9.54. The van der Waals surface area contributed by atoms with Crippen LogP contribution in [0.2, 0.25) is 5.02 Å². The van der Waals surface area contributed by atoms with E-state index in [0.29, 0.717) is 39.5 Å². The SMILES string of the molecule is C=CCOC(=O)C1=C(C)NC(=S)N[C@H]1c1ccc(OCc2ccc(Cl)cc2)c(OC)c1. The number of rotatable bonds is 8. The molecule has 8 heteroatoms. The Balaban J connectivity index is 1.86. The van der Waals surface area contributed by atoms with Gasteiger partial charge in [-0.05, 0) is 54.5 Å². The Kier molecular flexibility index (Phi) is 7.55. The Bertz CT molecular complexity index is 1020. The van der Waals surface area contributed by atoms with Crippen molar-refractivity contribution in [1.82, 2.24) is 10.6 Å². The summed E-state index contributed by atoms with van der Waals surface area (Å²) in [6.45, 7) is 5.84. The van der Waals surface area contributed by atoms with Crippen LogP contribution in [-0.4, -0.2) is 24.8 Å². The third-order valence-corrected chi connectivity index (χ3v) is 5.12. The van der Waals surface area contributed by atoms with Crippen LogP contribution in [0.5, 0.6) is 11.5 Å². The van der Waals surface area contributed by atoms with Crippen LogP contribution >= 0.6 is 23.8 Å². The molecule has 1 aliphatic rings. The highest BCUT2D eigenvalue weighted by Gasteiger charge is 2.31. The second-order valence-electron chi connectivity index (χ2n) is 6.78. The van der Waals surface area contributed by atoms with Gasteiger partial charge in [0.05, 0.1) is 18.7 Å². The van der Waals surface area contributed by atoms with E-state index in [-0.39, 0.29) is 6.61 Å². The monoisotopic (exact) mass is 458 g/mol. The maximum atomic E-state index is 12.6. The van der Waals surface area contributed by atoms with Crippen molar-refractivity contribution in [2.45, 2.75) is 19.6 Å². The number of hydrogen-bond acceptors (Lipinski definition) is 5. The van der Waals surface area contributed by atoms with Gasteiger partial charge in [-0.25, -0.2) is 4.79 Å². The summed E-state index contributed by atoms with van der Waals surface area (Å²) in [5.41, 5.74) is 2.83. The highest BCUT2D eigenvalue weighted by molar-refractivity contribution is 7.80. The van der Waals surface area contributed by atoms with Crippen molar-refractivity contribution < 1.29 is 19.0 Å². The fourth-order valence-electron chi connectivity index (χ4n) is 3.15. The fourth-order valence-corrected chi connectivity index (χ4v) is 3.55. The van der Waals surface area contributed by atoms with Crippen LogP contribution in [0.4, 0.5) is 0 Å². The second-order valence-corrected chi connectivity index (χ2v) is 7.63. The highest BCUT2D eigenvalue weighted by atomic mass is 35.5. The molecule has 0 saturated carbocycles. The molecule has 2 aromatic rings. The van der Waals surface area contributed by atoms with Gasteiger partial charge in [-0.2, -0.15) is 0 Å². The molecule has 0 saturated heterocycles. The zero-order valence-electron chi connectivity index (χ0n) is 17.2. The summed E-state index contributed by atoms with van der Waals surface area (Å²) in [7, 11) is 1.56. The smallest absolute Gasteiger partial charge is 0.338 e. The lowest BCUT2D eigenvalue weighted by molar-refractivity contribution is -0.138. The molecule has 0 aromatic heterocycles. The van der Waals surface area contributed by atoms with Crippen LogP contribution in [0.25, 0.3) is 0 Å². The van der Waals surface area contributed by atoms with Gasteiger partial charge in [0.2, 0.25) is 0 Å². The number of nitrogens with one attached hydrogen (secondary N) is 2. The number of methoxy groups -OCH3 is 1. The minimum Gasteiger partial charge on any atom is -0.493 e. The lowest BCUT2D eigenvalue weighted by Gasteiger charge is -2.30. The number of esters is 1. The van der Waals surface area contributed by atoms with E-state index >= 15 is 0 Å². The highest BCUT2D eigenvalue weighted by Crippen LogP contribution is 2.35. The molecule has 1 heterocycles. The lowest BCUT2D eigenvalue weighted by atomic mass is 9.95. The van der Waals surface area contributed by atoms with Gasteiger partial charge in [0.15, 0.2) is 16.6 Å². The first-order chi connectivity index (χ1) is 14.9. The van der Waals surface area contributed by atoms with Gasteiger partial charge in [-0.1, -0.05) is 42.5 Å². The molecule has 0 fully saturated rings. The quantitative estimate of drug-likeness (QED) is 0.344. The van der Waals surface area contributed by atoms with Crippen LogP contribution < -0.4 is 20.1 Å². The Hall–Kier alpha value is -3.03. The summed E-state index contributed by atoms with van der Waals surface area (Å²) in [4.78, 5) is 12.6. The van der Waals surface area contributed by atoms with Gasteiger partial charge in [-0.3, -0.25) is 0 Å². The van der Waals surface area contributed by atoms with Crippen molar-refractivity contribution in [2.75, 3.05) is 13.7 Å². The van der Waals surface area contributed by atoms with Crippen LogP contribution in [0.1, 0.15) is 24.1 Å². The summed E-state index contributed by atoms with van der Waals surface area (Å²) in [5.74, 6) is 0.662. The molecule has 6 nitrogen and oxygen atoms in total. The normalized spacial score (nSPS) is 15.6. The van der Waals surface area contributed by atoms with E-state index < -0.39 is 12.0 Å². The van der Waals surface area contributed by atoms with Gasteiger partial charge >= 0.3 is 5.97 Å².